The molecule has 0 unspecified atom stereocenters. The average molecular weight is 255 g/mol. The molecule has 0 atom stereocenters. The Hall–Kier alpha value is 1.05. The molecule has 0 aromatic carbocycles. The molecule has 0 saturated heterocycles. The summed E-state index contributed by atoms with van der Waals surface area (Å²) in [5.41, 5.74) is 0. The minimum atomic E-state index is -3.72. The zero-order valence-corrected chi connectivity index (χ0v) is 11.1. The molecular formula is C6H17CaNO5S+2. The maximum Gasteiger partial charge on any atom is 2.00 e. The third kappa shape index (κ3) is 9.60. The van der Waals surface area contributed by atoms with Gasteiger partial charge in [0.2, 0.25) is 0 Å². The van der Waals surface area contributed by atoms with Crippen molar-refractivity contribution in [2.45, 2.75) is 38.2 Å². The van der Waals surface area contributed by atoms with Crippen LogP contribution in [0.2, 0.25) is 0 Å². The summed E-state index contributed by atoms with van der Waals surface area (Å²) >= 11 is 0. The molecule has 14 heavy (non-hydrogen) atoms. The molecule has 0 aromatic rings. The molecule has 0 aliphatic heterocycles. The Bertz CT molecular complexity index is 214. The molecule has 6 N–H and O–H groups in total. The summed E-state index contributed by atoms with van der Waals surface area (Å²) in [6, 6.07) is 0. The van der Waals surface area contributed by atoms with Crippen LogP contribution in [0.5, 0.6) is 0 Å². The second kappa shape index (κ2) is 9.29. The molecule has 0 radical (unpaired) electrons. The maximum absolute atomic E-state index is 10.5. The third-order valence-corrected chi connectivity index (χ3v) is 2.36. The zero-order valence-electron chi connectivity index (χ0n) is 8.03. The fraction of sp³-hybridized carbons (Fsp3) is 1.00. The van der Waals surface area contributed by atoms with Gasteiger partial charge in [-0.3, -0.25) is 4.18 Å². The Kier molecular flexibility index (Phi) is 13.6. The predicted molar refractivity (Wildman–Crippen MR) is 54.0 cm³/mol. The van der Waals surface area contributed by atoms with E-state index in [1.165, 1.54) is 6.42 Å². The fourth-order valence-electron chi connectivity index (χ4n) is 1.35. The summed E-state index contributed by atoms with van der Waals surface area (Å²) in [6.45, 7) is 0. The van der Waals surface area contributed by atoms with Crippen LogP contribution >= 0.6 is 0 Å². The normalized spacial score (nSPS) is 17.2. The molecular weight excluding hydrogens is 238 g/mol. The number of hydrogen-bond acceptors (Lipinski definition) is 3. The molecule has 82 valence electrons. The summed E-state index contributed by atoms with van der Waals surface area (Å²) in [4.78, 5) is 0. The summed E-state index contributed by atoms with van der Waals surface area (Å²) in [7, 11) is -3.72. The van der Waals surface area contributed by atoms with Crippen molar-refractivity contribution < 1.29 is 23.6 Å². The smallest absolute Gasteiger partial charge is 0.412 e. The van der Waals surface area contributed by atoms with Crippen molar-refractivity contribution in [1.82, 2.24) is 0 Å². The summed E-state index contributed by atoms with van der Waals surface area (Å²) in [6.07, 6.45) is 4.72. The first-order valence-corrected chi connectivity index (χ1v) is 5.26. The summed E-state index contributed by atoms with van der Waals surface area (Å²) < 4.78 is 25.5. The average Bonchev–Trinajstić information content (AvgIpc) is 1.85. The first-order valence-electron chi connectivity index (χ1n) is 3.79. The van der Waals surface area contributed by atoms with E-state index in [1.807, 2.05) is 0 Å². The van der Waals surface area contributed by atoms with Crippen LogP contribution in [0.15, 0.2) is 0 Å². The third-order valence-electron chi connectivity index (χ3n) is 1.82. The topological polar surface area (TPSA) is 132 Å². The zero-order chi connectivity index (χ0) is 8.32. The standard InChI is InChI=1S/C6H13NO3S.Ca.2H2O/c7-11(8,9)10-6-4-2-1-3-5-6;;;/h6H,1-5H2,(H2,7,8,9);;2*1H2/q;+2;;. The maximum atomic E-state index is 10.5. The van der Waals surface area contributed by atoms with Gasteiger partial charge in [0.15, 0.2) is 0 Å². The van der Waals surface area contributed by atoms with Crippen molar-refractivity contribution in [3.8, 4) is 0 Å². The van der Waals surface area contributed by atoms with Crippen molar-refractivity contribution in [3.63, 3.8) is 0 Å². The largest absolute Gasteiger partial charge is 2.00 e. The van der Waals surface area contributed by atoms with Gasteiger partial charge >= 0.3 is 48.0 Å². The Morgan fingerprint density at radius 2 is 1.50 bits per heavy atom. The van der Waals surface area contributed by atoms with Crippen LogP contribution in [0.3, 0.4) is 0 Å². The van der Waals surface area contributed by atoms with Crippen LogP contribution in [-0.4, -0.2) is 63.2 Å². The molecule has 1 aliphatic rings. The predicted octanol–water partition coefficient (Wildman–Crippen LogP) is -1.49. The molecule has 0 amide bonds. The van der Waals surface area contributed by atoms with Gasteiger partial charge in [-0.1, -0.05) is 19.3 Å². The number of rotatable bonds is 2. The van der Waals surface area contributed by atoms with Crippen LogP contribution in [0.1, 0.15) is 32.1 Å². The van der Waals surface area contributed by atoms with E-state index in [2.05, 4.69) is 4.18 Å². The van der Waals surface area contributed by atoms with E-state index in [0.717, 1.165) is 25.7 Å². The molecule has 1 fully saturated rings. The van der Waals surface area contributed by atoms with Gasteiger partial charge in [-0.05, 0) is 12.8 Å². The number of nitrogens with two attached hydrogens (primary N) is 1. The van der Waals surface area contributed by atoms with Gasteiger partial charge in [0.1, 0.15) is 0 Å². The second-order valence-electron chi connectivity index (χ2n) is 2.85. The molecule has 1 aliphatic carbocycles. The van der Waals surface area contributed by atoms with E-state index in [1.54, 1.807) is 0 Å². The molecule has 8 heteroatoms. The van der Waals surface area contributed by atoms with E-state index in [4.69, 9.17) is 5.14 Å². The monoisotopic (exact) mass is 255 g/mol. The quantitative estimate of drug-likeness (QED) is 0.602. The Morgan fingerprint density at radius 3 is 1.86 bits per heavy atom. The van der Waals surface area contributed by atoms with Gasteiger partial charge < -0.3 is 11.0 Å². The molecule has 1 saturated carbocycles. The SMILES string of the molecule is NS(=O)(=O)OC1CCCCC1.O.O.[Ca+2]. The van der Waals surface area contributed by atoms with E-state index in [9.17, 15) is 8.42 Å². The Balaban J connectivity index is -0.000000403. The van der Waals surface area contributed by atoms with Gasteiger partial charge in [0.25, 0.3) is 0 Å². The molecule has 0 aromatic heterocycles. The minimum absolute atomic E-state index is 0. The molecule has 6 nitrogen and oxygen atoms in total. The van der Waals surface area contributed by atoms with E-state index in [0.29, 0.717) is 0 Å². The van der Waals surface area contributed by atoms with E-state index < -0.39 is 10.3 Å². The molecule has 0 heterocycles. The van der Waals surface area contributed by atoms with Crippen molar-refractivity contribution in [2.24, 2.45) is 5.14 Å². The van der Waals surface area contributed by atoms with Crippen LogP contribution in [0, 0.1) is 0 Å². The fourth-order valence-corrected chi connectivity index (χ4v) is 1.92. The van der Waals surface area contributed by atoms with Gasteiger partial charge in [0, 0.05) is 0 Å². The second-order valence-corrected chi connectivity index (χ2v) is 4.03. The van der Waals surface area contributed by atoms with Gasteiger partial charge in [-0.15, -0.1) is 0 Å². The Labute approximate surface area is 114 Å². The number of hydrogen-bond donors (Lipinski definition) is 1. The first kappa shape index (κ1) is 20.5. The molecule has 0 bridgehead atoms. The van der Waals surface area contributed by atoms with Gasteiger partial charge in [0.05, 0.1) is 6.10 Å². The van der Waals surface area contributed by atoms with Crippen LogP contribution in [0.25, 0.3) is 0 Å². The minimum Gasteiger partial charge on any atom is -0.412 e. The Morgan fingerprint density at radius 1 is 1.07 bits per heavy atom. The molecule has 0 spiro atoms. The van der Waals surface area contributed by atoms with Gasteiger partial charge in [-0.2, -0.15) is 8.42 Å². The van der Waals surface area contributed by atoms with E-state index in [-0.39, 0.29) is 54.8 Å². The van der Waals surface area contributed by atoms with Crippen molar-refractivity contribution in [3.05, 3.63) is 0 Å². The van der Waals surface area contributed by atoms with Crippen molar-refractivity contribution >= 4 is 48.0 Å². The van der Waals surface area contributed by atoms with Crippen LogP contribution < -0.4 is 5.14 Å². The summed E-state index contributed by atoms with van der Waals surface area (Å²) in [5.74, 6) is 0. The van der Waals surface area contributed by atoms with Crippen molar-refractivity contribution in [2.75, 3.05) is 0 Å². The van der Waals surface area contributed by atoms with Crippen molar-refractivity contribution in [1.29, 1.82) is 0 Å². The van der Waals surface area contributed by atoms with E-state index >= 15 is 0 Å². The summed E-state index contributed by atoms with van der Waals surface area (Å²) in [5, 5.41) is 4.72. The van der Waals surface area contributed by atoms with Crippen LogP contribution in [-0.2, 0) is 14.5 Å². The first-order chi connectivity index (χ1) is 5.08. The van der Waals surface area contributed by atoms with Crippen LogP contribution in [0.4, 0.5) is 0 Å². The molecule has 1 rings (SSSR count). The van der Waals surface area contributed by atoms with Gasteiger partial charge in [-0.25, -0.2) is 5.14 Å².